The molecule has 1 saturated heterocycles. The van der Waals surface area contributed by atoms with E-state index in [9.17, 15) is 4.79 Å². The van der Waals surface area contributed by atoms with Gasteiger partial charge >= 0.3 is 6.09 Å². The van der Waals surface area contributed by atoms with E-state index >= 15 is 0 Å². The lowest BCUT2D eigenvalue weighted by atomic mass is 9.86. The van der Waals surface area contributed by atoms with E-state index < -0.39 is 5.60 Å². The van der Waals surface area contributed by atoms with Gasteiger partial charge in [-0.25, -0.2) is 4.79 Å². The highest BCUT2D eigenvalue weighted by Gasteiger charge is 2.29. The molecule has 3 rings (SSSR count). The second-order valence-corrected chi connectivity index (χ2v) is 8.20. The number of piperazine rings is 1. The van der Waals surface area contributed by atoms with Gasteiger partial charge in [-0.2, -0.15) is 0 Å². The van der Waals surface area contributed by atoms with Crippen molar-refractivity contribution in [1.82, 2.24) is 4.90 Å². The number of anilines is 1. The molecular formula is C20H31N3O3. The maximum Gasteiger partial charge on any atom is 0.410 e. The molecule has 1 amide bonds. The zero-order valence-electron chi connectivity index (χ0n) is 16.4. The summed E-state index contributed by atoms with van der Waals surface area (Å²) in [6, 6.07) is 4.40. The minimum atomic E-state index is -0.456. The monoisotopic (exact) mass is 361 g/mol. The van der Waals surface area contributed by atoms with Crippen molar-refractivity contribution in [2.45, 2.75) is 51.7 Å². The molecule has 1 atom stereocenters. The Morgan fingerprint density at radius 2 is 1.85 bits per heavy atom. The quantitative estimate of drug-likeness (QED) is 0.877. The number of benzene rings is 1. The van der Waals surface area contributed by atoms with Gasteiger partial charge in [0.25, 0.3) is 0 Å². The molecule has 0 saturated carbocycles. The van der Waals surface area contributed by atoms with Gasteiger partial charge in [-0.3, -0.25) is 0 Å². The fourth-order valence-electron chi connectivity index (χ4n) is 3.80. The van der Waals surface area contributed by atoms with E-state index in [0.717, 1.165) is 38.1 Å². The van der Waals surface area contributed by atoms with E-state index in [1.807, 2.05) is 26.8 Å². The molecule has 6 nitrogen and oxygen atoms in total. The Hall–Kier alpha value is -1.95. The first-order valence-electron chi connectivity index (χ1n) is 9.45. The van der Waals surface area contributed by atoms with Gasteiger partial charge in [0.15, 0.2) is 0 Å². The summed E-state index contributed by atoms with van der Waals surface area (Å²) in [5, 5.41) is 0. The topological polar surface area (TPSA) is 68.0 Å². The molecule has 0 aromatic heterocycles. The summed E-state index contributed by atoms with van der Waals surface area (Å²) in [6.45, 7) is 8.67. The third-order valence-corrected chi connectivity index (χ3v) is 5.09. The summed E-state index contributed by atoms with van der Waals surface area (Å²) in [5.74, 6) is 0.936. The molecule has 0 radical (unpaired) electrons. The van der Waals surface area contributed by atoms with Crippen molar-refractivity contribution < 1.29 is 14.3 Å². The normalized spacial score (nSPS) is 20.6. The summed E-state index contributed by atoms with van der Waals surface area (Å²) in [6.07, 6.45) is 2.63. The Morgan fingerprint density at radius 3 is 2.46 bits per heavy atom. The smallest absolute Gasteiger partial charge is 0.410 e. The first-order valence-corrected chi connectivity index (χ1v) is 9.45. The van der Waals surface area contributed by atoms with E-state index in [0.29, 0.717) is 13.1 Å². The molecule has 0 spiro atoms. The fourth-order valence-corrected chi connectivity index (χ4v) is 3.80. The van der Waals surface area contributed by atoms with Crippen molar-refractivity contribution >= 4 is 11.8 Å². The second-order valence-electron chi connectivity index (χ2n) is 8.20. The summed E-state index contributed by atoms with van der Waals surface area (Å²) in [5.41, 5.74) is 9.59. The first-order chi connectivity index (χ1) is 12.3. The van der Waals surface area contributed by atoms with Gasteiger partial charge in [0, 0.05) is 43.5 Å². The third-order valence-electron chi connectivity index (χ3n) is 5.09. The highest BCUT2D eigenvalue weighted by Crippen LogP contribution is 2.36. The average Bonchev–Trinajstić information content (AvgIpc) is 2.59. The van der Waals surface area contributed by atoms with Crippen LogP contribution in [0.2, 0.25) is 0 Å². The predicted octanol–water partition coefficient (Wildman–Crippen LogP) is 2.57. The van der Waals surface area contributed by atoms with Crippen molar-refractivity contribution in [3.05, 3.63) is 23.3 Å². The molecule has 6 heteroatoms. The maximum absolute atomic E-state index is 12.3. The van der Waals surface area contributed by atoms with Crippen molar-refractivity contribution in [3.8, 4) is 5.75 Å². The van der Waals surface area contributed by atoms with Gasteiger partial charge in [0.1, 0.15) is 11.4 Å². The largest absolute Gasteiger partial charge is 0.496 e. The van der Waals surface area contributed by atoms with Crippen LogP contribution in [-0.2, 0) is 17.6 Å². The molecule has 144 valence electrons. The lowest BCUT2D eigenvalue weighted by Gasteiger charge is -2.38. The number of hydrogen-bond donors (Lipinski definition) is 1. The van der Waals surface area contributed by atoms with E-state index in [-0.39, 0.29) is 12.1 Å². The standard InChI is InChI=1S/C20H31N3O3/c1-20(2,3)26-19(24)23-11-9-22(10-12-23)17-7-8-18(25-4)16-13-14(21)5-6-15(16)17/h7-8,14H,5-6,9-13,21H2,1-4H3. The number of carbonyl (C=O) groups excluding carboxylic acids is 1. The molecular weight excluding hydrogens is 330 g/mol. The van der Waals surface area contributed by atoms with Crippen LogP contribution < -0.4 is 15.4 Å². The van der Waals surface area contributed by atoms with Gasteiger partial charge in [0.2, 0.25) is 0 Å². The fraction of sp³-hybridized carbons (Fsp3) is 0.650. The Bertz CT molecular complexity index is 661. The Morgan fingerprint density at radius 1 is 1.15 bits per heavy atom. The van der Waals surface area contributed by atoms with Crippen LogP contribution in [0, 0.1) is 0 Å². The lowest BCUT2D eigenvalue weighted by molar-refractivity contribution is 0.0240. The van der Waals surface area contributed by atoms with Crippen LogP contribution in [0.5, 0.6) is 5.75 Å². The molecule has 1 unspecified atom stereocenters. The van der Waals surface area contributed by atoms with E-state index in [1.165, 1.54) is 16.8 Å². The predicted molar refractivity (Wildman–Crippen MR) is 103 cm³/mol. The van der Waals surface area contributed by atoms with Crippen molar-refractivity contribution in [2.24, 2.45) is 5.73 Å². The van der Waals surface area contributed by atoms with Gasteiger partial charge in [-0.15, -0.1) is 0 Å². The molecule has 1 aliphatic carbocycles. The number of ether oxygens (including phenoxy) is 2. The summed E-state index contributed by atoms with van der Waals surface area (Å²) in [4.78, 5) is 16.4. The van der Waals surface area contributed by atoms with E-state index in [1.54, 1.807) is 12.0 Å². The molecule has 26 heavy (non-hydrogen) atoms. The molecule has 2 N–H and O–H groups in total. The third kappa shape index (κ3) is 4.06. The van der Waals surface area contributed by atoms with Crippen LogP contribution in [0.3, 0.4) is 0 Å². The van der Waals surface area contributed by atoms with Crippen LogP contribution in [0.25, 0.3) is 0 Å². The molecule has 1 aliphatic heterocycles. The number of nitrogens with two attached hydrogens (primary N) is 1. The van der Waals surface area contributed by atoms with E-state index in [4.69, 9.17) is 15.2 Å². The van der Waals surface area contributed by atoms with Crippen LogP contribution in [0.15, 0.2) is 12.1 Å². The Labute approximate surface area is 156 Å². The van der Waals surface area contributed by atoms with Crippen LogP contribution in [0.1, 0.15) is 38.3 Å². The van der Waals surface area contributed by atoms with Gasteiger partial charge in [-0.05, 0) is 57.7 Å². The highest BCUT2D eigenvalue weighted by atomic mass is 16.6. The SMILES string of the molecule is COc1ccc(N2CCN(C(=O)OC(C)(C)C)CC2)c2c1CC(N)CC2. The molecule has 1 aromatic carbocycles. The van der Waals surface area contributed by atoms with Crippen molar-refractivity contribution in [3.63, 3.8) is 0 Å². The molecule has 0 bridgehead atoms. The lowest BCUT2D eigenvalue weighted by Crippen LogP contribution is -2.50. The van der Waals surface area contributed by atoms with Gasteiger partial charge in [0.05, 0.1) is 7.11 Å². The van der Waals surface area contributed by atoms with Crippen LogP contribution >= 0.6 is 0 Å². The number of rotatable bonds is 2. The zero-order chi connectivity index (χ0) is 18.9. The minimum absolute atomic E-state index is 0.204. The number of methoxy groups -OCH3 is 1. The van der Waals surface area contributed by atoms with Gasteiger partial charge in [-0.1, -0.05) is 0 Å². The molecule has 1 heterocycles. The number of fused-ring (bicyclic) bond motifs is 1. The first kappa shape index (κ1) is 18.8. The number of hydrogen-bond acceptors (Lipinski definition) is 5. The van der Waals surface area contributed by atoms with Crippen LogP contribution in [-0.4, -0.2) is 55.9 Å². The second kappa shape index (κ2) is 7.35. The Balaban J connectivity index is 1.72. The highest BCUT2D eigenvalue weighted by molar-refractivity contribution is 5.69. The van der Waals surface area contributed by atoms with Crippen molar-refractivity contribution in [1.29, 1.82) is 0 Å². The average molecular weight is 361 g/mol. The van der Waals surface area contributed by atoms with Gasteiger partial charge < -0.3 is 25.0 Å². The van der Waals surface area contributed by atoms with Crippen LogP contribution in [0.4, 0.5) is 10.5 Å². The zero-order valence-corrected chi connectivity index (χ0v) is 16.4. The summed E-state index contributed by atoms with van der Waals surface area (Å²) in [7, 11) is 1.72. The number of amides is 1. The number of nitrogens with zero attached hydrogens (tertiary/aromatic N) is 2. The Kier molecular flexibility index (Phi) is 5.32. The minimum Gasteiger partial charge on any atom is -0.496 e. The number of carbonyl (C=O) groups is 1. The molecule has 1 aromatic rings. The van der Waals surface area contributed by atoms with E-state index in [2.05, 4.69) is 11.0 Å². The summed E-state index contributed by atoms with van der Waals surface area (Å²) < 4.78 is 11.0. The summed E-state index contributed by atoms with van der Waals surface area (Å²) >= 11 is 0. The molecule has 2 aliphatic rings. The maximum atomic E-state index is 12.3. The molecule has 1 fully saturated rings. The van der Waals surface area contributed by atoms with Crippen molar-refractivity contribution in [2.75, 3.05) is 38.2 Å².